The fourth-order valence-corrected chi connectivity index (χ4v) is 6.02. The Kier molecular flexibility index (Phi) is 41.0. The van der Waals surface area contributed by atoms with E-state index in [0.29, 0.717) is 32.1 Å². The van der Waals surface area contributed by atoms with Gasteiger partial charge in [-0.1, -0.05) is 155 Å². The molecule has 0 radical (unpaired) electrons. The number of phosphoric acid groups is 1. The number of phosphoric ester groups is 1. The molecule has 0 fully saturated rings. The molecule has 0 bridgehead atoms. The van der Waals surface area contributed by atoms with Crippen molar-refractivity contribution >= 4 is 19.8 Å². The second-order valence-electron chi connectivity index (χ2n) is 14.7. The van der Waals surface area contributed by atoms with Gasteiger partial charge in [-0.15, -0.1) is 0 Å². The van der Waals surface area contributed by atoms with Gasteiger partial charge in [-0.2, -0.15) is 0 Å². The van der Waals surface area contributed by atoms with Crippen LogP contribution in [0.2, 0.25) is 0 Å². The predicted octanol–water partition coefficient (Wildman–Crippen LogP) is 10.3. The third-order valence-electron chi connectivity index (χ3n) is 8.78. The summed E-state index contributed by atoms with van der Waals surface area (Å²) in [5.41, 5.74) is 0. The van der Waals surface area contributed by atoms with Crippen molar-refractivity contribution in [1.82, 2.24) is 0 Å². The van der Waals surface area contributed by atoms with E-state index in [-0.39, 0.29) is 12.8 Å². The lowest BCUT2D eigenvalue weighted by Gasteiger charge is -2.20. The second kappa shape index (κ2) is 43.5. The summed E-state index contributed by atoms with van der Waals surface area (Å²) in [5.74, 6) is -1.14. The summed E-state index contributed by atoms with van der Waals surface area (Å²) < 4.78 is 32.6. The highest BCUT2D eigenvalue weighted by atomic mass is 31.2. The Morgan fingerprint density at radius 2 is 1.06 bits per heavy atom. The first-order valence-corrected chi connectivity index (χ1v) is 24.2. The van der Waals surface area contributed by atoms with Crippen LogP contribution >= 0.6 is 7.82 Å². The molecule has 0 rings (SSSR count). The molecule has 0 aromatic rings. The number of esters is 2. The van der Waals surface area contributed by atoms with E-state index in [1.165, 1.54) is 19.3 Å². The Hall–Kier alpha value is -3.71. The van der Waals surface area contributed by atoms with E-state index in [4.69, 9.17) is 19.1 Å². The van der Waals surface area contributed by atoms with Crippen molar-refractivity contribution in [2.75, 3.05) is 26.4 Å². The number of hydrogen-bond donors (Lipinski definition) is 5. The van der Waals surface area contributed by atoms with E-state index in [0.717, 1.165) is 51.4 Å². The van der Waals surface area contributed by atoms with Crippen LogP contribution in [0, 0.1) is 0 Å². The van der Waals surface area contributed by atoms with Crippen LogP contribution in [-0.4, -0.2) is 88.1 Å². The minimum absolute atomic E-state index is 0.0446. The second-order valence-corrected chi connectivity index (χ2v) is 16.2. The summed E-state index contributed by atoms with van der Waals surface area (Å²) in [5, 5.41) is 38.3. The predicted molar refractivity (Wildman–Crippen MR) is 254 cm³/mol. The standard InChI is InChI=1S/C50H79O12P/c1-3-5-7-8-9-10-11-12-13-14-15-16-17-18-19-20-21-26-34-40-50(56)62-48(44-61-63(57,58)60-42-47(54)41-51)43-59-49(55)39-33-25-23-22-24-30-36-46(53)38-32-28-27-31-37-45(52)35-29-6-4-2/h6,9-10,12-13,15-16,18-19,23-25,27-32,37-38,45-48,51-54H,3-5,7-8,11,14,17,20-22,26,33-36,39-44H2,1-2H3,(H,57,58)/b10-9-,13-12-,16-15-,19-18-,25-23-,28-27-,29-6-,30-24-,37-31+,38-32+/t45-,46+,47+,48-/m1/s1. The molecule has 0 saturated heterocycles. The number of aliphatic hydroxyl groups is 4. The number of hydrogen-bond acceptors (Lipinski definition) is 11. The molecule has 63 heavy (non-hydrogen) atoms. The molecule has 1 unspecified atom stereocenters. The molecule has 5 N–H and O–H groups in total. The monoisotopic (exact) mass is 903 g/mol. The Bertz CT molecular complexity index is 1490. The van der Waals surface area contributed by atoms with Crippen molar-refractivity contribution in [1.29, 1.82) is 0 Å². The number of aliphatic hydroxyl groups excluding tert-OH is 4. The fraction of sp³-hybridized carbons (Fsp3) is 0.560. The number of rotatable bonds is 40. The molecule has 0 aliphatic heterocycles. The lowest BCUT2D eigenvalue weighted by molar-refractivity contribution is -0.161. The highest BCUT2D eigenvalue weighted by Crippen LogP contribution is 2.43. The summed E-state index contributed by atoms with van der Waals surface area (Å²) in [6, 6.07) is 0. The number of carbonyl (C=O) groups is 2. The molecule has 0 aliphatic carbocycles. The number of ether oxygens (including phenoxy) is 2. The molecule has 356 valence electrons. The van der Waals surface area contributed by atoms with Gasteiger partial charge >= 0.3 is 19.8 Å². The Morgan fingerprint density at radius 3 is 1.62 bits per heavy atom. The summed E-state index contributed by atoms with van der Waals surface area (Å²) >= 11 is 0. The molecule has 13 heteroatoms. The molecular weight excluding hydrogens is 824 g/mol. The lowest BCUT2D eigenvalue weighted by Crippen LogP contribution is -2.29. The molecule has 0 heterocycles. The van der Waals surface area contributed by atoms with Crippen molar-refractivity contribution in [2.24, 2.45) is 0 Å². The van der Waals surface area contributed by atoms with Gasteiger partial charge in [0.15, 0.2) is 6.10 Å². The summed E-state index contributed by atoms with van der Waals surface area (Å²) in [4.78, 5) is 35.0. The Labute approximate surface area is 378 Å². The van der Waals surface area contributed by atoms with Gasteiger partial charge in [-0.3, -0.25) is 18.6 Å². The zero-order valence-corrected chi connectivity index (χ0v) is 38.8. The highest BCUT2D eigenvalue weighted by molar-refractivity contribution is 7.47. The van der Waals surface area contributed by atoms with Crippen molar-refractivity contribution < 1.29 is 58.0 Å². The first kappa shape index (κ1) is 59.3. The van der Waals surface area contributed by atoms with Crippen LogP contribution in [0.25, 0.3) is 0 Å². The molecule has 0 spiro atoms. The van der Waals surface area contributed by atoms with Crippen LogP contribution in [0.15, 0.2) is 122 Å². The number of unbranched alkanes of at least 4 members (excludes halogenated alkanes) is 6. The Morgan fingerprint density at radius 1 is 0.556 bits per heavy atom. The van der Waals surface area contributed by atoms with Crippen molar-refractivity contribution in [3.63, 3.8) is 0 Å². The zero-order chi connectivity index (χ0) is 46.5. The van der Waals surface area contributed by atoms with Crippen LogP contribution < -0.4 is 0 Å². The summed E-state index contributed by atoms with van der Waals surface area (Å²) in [6.07, 6.45) is 49.5. The SMILES string of the molecule is CC/C=C\C[C@@H](O)/C=C/C=C\C=C\[C@@H](O)C/C=C\C/C=C\CCC(=O)OC[C@H](COP(=O)(O)OC[C@@H](O)CO)OC(=O)CCCCC/C=C\C/C=C\C/C=C\C/C=C\CCCCC. The summed E-state index contributed by atoms with van der Waals surface area (Å²) in [7, 11) is -4.68. The van der Waals surface area contributed by atoms with Gasteiger partial charge in [0.1, 0.15) is 12.7 Å². The molecule has 5 atom stereocenters. The van der Waals surface area contributed by atoms with Crippen LogP contribution in [0.1, 0.15) is 129 Å². The maximum Gasteiger partial charge on any atom is 0.472 e. The van der Waals surface area contributed by atoms with Crippen LogP contribution in [0.4, 0.5) is 0 Å². The van der Waals surface area contributed by atoms with Gasteiger partial charge in [-0.05, 0) is 83.5 Å². The number of carbonyl (C=O) groups excluding carboxylic acids is 2. The van der Waals surface area contributed by atoms with Crippen molar-refractivity contribution in [3.05, 3.63) is 122 Å². The van der Waals surface area contributed by atoms with Gasteiger partial charge in [0.25, 0.3) is 0 Å². The van der Waals surface area contributed by atoms with Gasteiger partial charge in [-0.25, -0.2) is 4.57 Å². The zero-order valence-electron chi connectivity index (χ0n) is 38.0. The van der Waals surface area contributed by atoms with E-state index >= 15 is 0 Å². The molecular formula is C50H79O12P. The van der Waals surface area contributed by atoms with E-state index in [1.54, 1.807) is 36.5 Å². The first-order valence-electron chi connectivity index (χ1n) is 22.7. The first-order chi connectivity index (χ1) is 30.5. The van der Waals surface area contributed by atoms with E-state index in [2.05, 4.69) is 60.1 Å². The minimum Gasteiger partial charge on any atom is -0.462 e. The minimum atomic E-state index is -4.68. The smallest absolute Gasteiger partial charge is 0.462 e. The maximum atomic E-state index is 12.6. The largest absolute Gasteiger partial charge is 0.472 e. The molecule has 0 aromatic carbocycles. The molecule has 0 saturated carbocycles. The van der Waals surface area contributed by atoms with Gasteiger partial charge < -0.3 is 34.8 Å². The molecule has 12 nitrogen and oxygen atoms in total. The van der Waals surface area contributed by atoms with Crippen molar-refractivity contribution in [2.45, 2.75) is 154 Å². The van der Waals surface area contributed by atoms with Gasteiger partial charge in [0.05, 0.1) is 32.0 Å². The molecule has 0 amide bonds. The molecule has 0 aromatic heterocycles. The average molecular weight is 903 g/mol. The third-order valence-corrected chi connectivity index (χ3v) is 9.73. The van der Waals surface area contributed by atoms with Crippen LogP contribution in [0.3, 0.4) is 0 Å². The van der Waals surface area contributed by atoms with Gasteiger partial charge in [0.2, 0.25) is 0 Å². The summed E-state index contributed by atoms with van der Waals surface area (Å²) in [6.45, 7) is 1.89. The third kappa shape index (κ3) is 43.3. The number of allylic oxidation sites excluding steroid dienone is 16. The topological polar surface area (TPSA) is 189 Å². The quantitative estimate of drug-likeness (QED) is 0.0129. The average Bonchev–Trinajstić information content (AvgIpc) is 3.26. The van der Waals surface area contributed by atoms with Crippen LogP contribution in [-0.2, 0) is 32.7 Å². The van der Waals surface area contributed by atoms with E-state index in [1.807, 2.05) is 43.4 Å². The van der Waals surface area contributed by atoms with Crippen LogP contribution in [0.5, 0.6) is 0 Å². The van der Waals surface area contributed by atoms with E-state index < -0.39 is 70.6 Å². The normalized spacial score (nSPS) is 15.9. The lowest BCUT2D eigenvalue weighted by atomic mass is 10.1. The van der Waals surface area contributed by atoms with Crippen molar-refractivity contribution in [3.8, 4) is 0 Å². The fourth-order valence-electron chi connectivity index (χ4n) is 5.23. The van der Waals surface area contributed by atoms with E-state index in [9.17, 15) is 34.4 Å². The molecule has 0 aliphatic rings. The van der Waals surface area contributed by atoms with Gasteiger partial charge in [0, 0.05) is 12.8 Å². The maximum absolute atomic E-state index is 12.6. The highest BCUT2D eigenvalue weighted by Gasteiger charge is 2.27. The Balaban J connectivity index is 4.59.